The summed E-state index contributed by atoms with van der Waals surface area (Å²) >= 11 is 0. The van der Waals surface area contributed by atoms with Crippen molar-refractivity contribution in [2.24, 2.45) is 0 Å². The van der Waals surface area contributed by atoms with E-state index in [-0.39, 0.29) is 12.7 Å². The monoisotopic (exact) mass is 354 g/mol. The summed E-state index contributed by atoms with van der Waals surface area (Å²) in [4.78, 5) is 16.7. The minimum absolute atomic E-state index is 0.0412. The van der Waals surface area contributed by atoms with Crippen LogP contribution in [0.4, 0.5) is 5.69 Å². The van der Waals surface area contributed by atoms with Gasteiger partial charge in [-0.2, -0.15) is 0 Å². The molecule has 0 unspecified atom stereocenters. The van der Waals surface area contributed by atoms with Crippen molar-refractivity contribution in [1.82, 2.24) is 4.90 Å². The van der Waals surface area contributed by atoms with Crippen molar-refractivity contribution in [2.75, 3.05) is 45.0 Å². The maximum absolute atomic E-state index is 12.7. The van der Waals surface area contributed by atoms with Crippen LogP contribution >= 0.6 is 0 Å². The lowest BCUT2D eigenvalue weighted by Gasteiger charge is -2.29. The number of rotatable bonds is 4. The summed E-state index contributed by atoms with van der Waals surface area (Å²) < 4.78 is 16.0. The maximum Gasteiger partial charge on any atom is 0.254 e. The Hall–Kier alpha value is -2.73. The van der Waals surface area contributed by atoms with Crippen molar-refractivity contribution in [2.45, 2.75) is 6.54 Å². The van der Waals surface area contributed by atoms with Gasteiger partial charge >= 0.3 is 0 Å². The number of ether oxygens (including phenoxy) is 3. The van der Waals surface area contributed by atoms with E-state index in [2.05, 4.69) is 29.2 Å². The lowest BCUT2D eigenvalue weighted by Crippen LogP contribution is -2.36. The van der Waals surface area contributed by atoms with E-state index < -0.39 is 0 Å². The molecule has 6 heteroatoms. The third-order valence-corrected chi connectivity index (χ3v) is 4.70. The molecule has 26 heavy (non-hydrogen) atoms. The third kappa shape index (κ3) is 3.46. The van der Waals surface area contributed by atoms with Gasteiger partial charge < -0.3 is 24.0 Å². The number of fused-ring (bicyclic) bond motifs is 1. The first kappa shape index (κ1) is 16.7. The van der Waals surface area contributed by atoms with E-state index in [1.54, 1.807) is 23.1 Å². The Morgan fingerprint density at radius 3 is 2.54 bits per heavy atom. The van der Waals surface area contributed by atoms with Gasteiger partial charge in [0.25, 0.3) is 5.91 Å². The predicted octanol–water partition coefficient (Wildman–Crippen LogP) is 2.52. The van der Waals surface area contributed by atoms with E-state index >= 15 is 0 Å². The second-order valence-corrected chi connectivity index (χ2v) is 6.50. The number of nitrogens with zero attached hydrogens (tertiary/aromatic N) is 2. The van der Waals surface area contributed by atoms with Gasteiger partial charge in [-0.1, -0.05) is 12.1 Å². The molecule has 4 rings (SSSR count). The molecule has 1 saturated heterocycles. The van der Waals surface area contributed by atoms with E-state index in [0.29, 0.717) is 23.6 Å². The van der Waals surface area contributed by atoms with Crippen LogP contribution in [0.2, 0.25) is 0 Å². The molecule has 1 fully saturated rings. The molecule has 0 N–H and O–H groups in total. The Balaban J connectivity index is 1.40. The molecule has 2 heterocycles. The molecule has 0 atom stereocenters. The number of hydrogen-bond donors (Lipinski definition) is 0. The van der Waals surface area contributed by atoms with Gasteiger partial charge in [0.15, 0.2) is 11.5 Å². The highest BCUT2D eigenvalue weighted by molar-refractivity contribution is 5.94. The van der Waals surface area contributed by atoms with E-state index in [1.807, 2.05) is 7.05 Å². The first-order valence-electron chi connectivity index (χ1n) is 8.77. The molecule has 0 bridgehead atoms. The SMILES string of the molecule is CN(Cc1ccc(N2CCOCC2)cc1)C(=O)c1ccc2c(c1)OCO2. The molecule has 2 aliphatic rings. The van der Waals surface area contributed by atoms with Crippen LogP contribution in [-0.2, 0) is 11.3 Å². The highest BCUT2D eigenvalue weighted by Crippen LogP contribution is 2.32. The van der Waals surface area contributed by atoms with Crippen LogP contribution in [0.5, 0.6) is 11.5 Å². The number of morpholine rings is 1. The van der Waals surface area contributed by atoms with Crippen LogP contribution in [0.15, 0.2) is 42.5 Å². The van der Waals surface area contributed by atoms with Crippen molar-refractivity contribution < 1.29 is 19.0 Å². The fourth-order valence-corrected chi connectivity index (χ4v) is 3.23. The fraction of sp³-hybridized carbons (Fsp3) is 0.350. The highest BCUT2D eigenvalue weighted by Gasteiger charge is 2.18. The molecule has 2 aliphatic heterocycles. The van der Waals surface area contributed by atoms with Crippen molar-refractivity contribution in [3.63, 3.8) is 0 Å². The summed E-state index contributed by atoms with van der Waals surface area (Å²) in [7, 11) is 1.81. The number of amides is 1. The lowest BCUT2D eigenvalue weighted by molar-refractivity contribution is 0.0784. The van der Waals surface area contributed by atoms with Gasteiger partial charge in [0.05, 0.1) is 13.2 Å². The van der Waals surface area contributed by atoms with Crippen molar-refractivity contribution >= 4 is 11.6 Å². The first-order valence-corrected chi connectivity index (χ1v) is 8.77. The van der Waals surface area contributed by atoms with Crippen LogP contribution < -0.4 is 14.4 Å². The lowest BCUT2D eigenvalue weighted by atomic mass is 10.1. The van der Waals surface area contributed by atoms with E-state index in [4.69, 9.17) is 14.2 Å². The molecule has 0 spiro atoms. The largest absolute Gasteiger partial charge is 0.454 e. The van der Waals surface area contributed by atoms with E-state index in [1.165, 1.54) is 5.69 Å². The van der Waals surface area contributed by atoms with Crippen molar-refractivity contribution in [3.05, 3.63) is 53.6 Å². The van der Waals surface area contributed by atoms with Gasteiger partial charge in [-0.15, -0.1) is 0 Å². The molecule has 136 valence electrons. The molecular weight excluding hydrogens is 332 g/mol. The molecule has 0 aliphatic carbocycles. The van der Waals surface area contributed by atoms with Crippen molar-refractivity contribution in [3.8, 4) is 11.5 Å². The van der Waals surface area contributed by atoms with Gasteiger partial charge in [-0.05, 0) is 35.9 Å². The predicted molar refractivity (Wildman–Crippen MR) is 97.8 cm³/mol. The van der Waals surface area contributed by atoms with Gasteiger partial charge in [-0.3, -0.25) is 4.79 Å². The van der Waals surface area contributed by atoms with Gasteiger partial charge in [0.2, 0.25) is 6.79 Å². The molecule has 0 radical (unpaired) electrons. The number of carbonyl (C=O) groups is 1. The summed E-state index contributed by atoms with van der Waals surface area (Å²) in [5.41, 5.74) is 2.89. The van der Waals surface area contributed by atoms with Gasteiger partial charge in [0.1, 0.15) is 0 Å². The molecule has 2 aromatic carbocycles. The summed E-state index contributed by atoms with van der Waals surface area (Å²) in [5, 5.41) is 0. The van der Waals surface area contributed by atoms with Gasteiger partial charge in [-0.25, -0.2) is 0 Å². The molecule has 0 aromatic heterocycles. The van der Waals surface area contributed by atoms with Crippen LogP contribution in [0.25, 0.3) is 0 Å². The molecule has 2 aromatic rings. The van der Waals surface area contributed by atoms with Crippen LogP contribution in [0, 0.1) is 0 Å². The van der Waals surface area contributed by atoms with Crippen LogP contribution in [-0.4, -0.2) is 51.0 Å². The minimum Gasteiger partial charge on any atom is -0.454 e. The van der Waals surface area contributed by atoms with E-state index in [9.17, 15) is 4.79 Å². The topological polar surface area (TPSA) is 51.2 Å². The number of carbonyl (C=O) groups excluding carboxylic acids is 1. The molecule has 6 nitrogen and oxygen atoms in total. The molecule has 0 saturated carbocycles. The van der Waals surface area contributed by atoms with Gasteiger partial charge in [0, 0.05) is 37.9 Å². The average molecular weight is 354 g/mol. The molecular formula is C20H22N2O4. The van der Waals surface area contributed by atoms with E-state index in [0.717, 1.165) is 31.9 Å². The Morgan fingerprint density at radius 2 is 1.77 bits per heavy atom. The quantitative estimate of drug-likeness (QED) is 0.845. The Kier molecular flexibility index (Phi) is 4.67. The smallest absolute Gasteiger partial charge is 0.254 e. The Bertz CT molecular complexity index is 785. The summed E-state index contributed by atoms with van der Waals surface area (Å²) in [6.45, 7) is 4.14. The summed E-state index contributed by atoms with van der Waals surface area (Å²) in [6, 6.07) is 13.7. The van der Waals surface area contributed by atoms with Crippen molar-refractivity contribution in [1.29, 1.82) is 0 Å². The Morgan fingerprint density at radius 1 is 1.04 bits per heavy atom. The van der Waals surface area contributed by atoms with Crippen LogP contribution in [0.3, 0.4) is 0 Å². The van der Waals surface area contributed by atoms with Crippen LogP contribution in [0.1, 0.15) is 15.9 Å². The number of anilines is 1. The molecule has 1 amide bonds. The normalized spacial score (nSPS) is 15.8. The zero-order valence-electron chi connectivity index (χ0n) is 14.8. The minimum atomic E-state index is -0.0412. The zero-order valence-corrected chi connectivity index (χ0v) is 14.8. The fourth-order valence-electron chi connectivity index (χ4n) is 3.23. The standard InChI is InChI=1S/C20H22N2O4/c1-21(20(23)16-4-7-18-19(12-16)26-14-25-18)13-15-2-5-17(6-3-15)22-8-10-24-11-9-22/h2-7,12H,8-11,13-14H2,1H3. The number of hydrogen-bond acceptors (Lipinski definition) is 5. The maximum atomic E-state index is 12.7. The average Bonchev–Trinajstić information content (AvgIpc) is 3.16. The Labute approximate surface area is 152 Å². The zero-order chi connectivity index (χ0) is 17.9. The summed E-state index contributed by atoms with van der Waals surface area (Å²) in [6.07, 6.45) is 0. The third-order valence-electron chi connectivity index (χ3n) is 4.70. The second-order valence-electron chi connectivity index (χ2n) is 6.50. The summed E-state index contributed by atoms with van der Waals surface area (Å²) in [5.74, 6) is 1.27. The first-order chi connectivity index (χ1) is 12.7. The highest BCUT2D eigenvalue weighted by atomic mass is 16.7. The second kappa shape index (κ2) is 7.25. The number of benzene rings is 2.